The minimum absolute atomic E-state index is 0.116. The van der Waals surface area contributed by atoms with Crippen LogP contribution in [0, 0.1) is 0 Å². The highest BCUT2D eigenvalue weighted by Crippen LogP contribution is 2.20. The van der Waals surface area contributed by atoms with Crippen LogP contribution in [0.1, 0.15) is 19.3 Å². The minimum atomic E-state index is -0.341. The van der Waals surface area contributed by atoms with E-state index in [1.807, 2.05) is 0 Å². The van der Waals surface area contributed by atoms with E-state index in [1.54, 1.807) is 4.90 Å². The molecule has 0 saturated carbocycles. The quantitative estimate of drug-likeness (QED) is 0.628. The molecule has 4 heteroatoms. The summed E-state index contributed by atoms with van der Waals surface area (Å²) in [7, 11) is 0. The van der Waals surface area contributed by atoms with Gasteiger partial charge < -0.3 is 10.0 Å². The van der Waals surface area contributed by atoms with Crippen LogP contribution in [-0.2, 0) is 4.79 Å². The molecule has 1 atom stereocenters. The molecule has 80 valence electrons. The Labute approximate surface area is 84.5 Å². The Morgan fingerprint density at radius 3 is 2.93 bits per heavy atom. The van der Waals surface area contributed by atoms with Crippen molar-refractivity contribution in [3.63, 3.8) is 0 Å². The lowest BCUT2D eigenvalue weighted by Gasteiger charge is -2.43. The molecule has 4 nitrogen and oxygen atoms in total. The zero-order valence-corrected chi connectivity index (χ0v) is 8.48. The molecule has 0 radical (unpaired) electrons. The van der Waals surface area contributed by atoms with Crippen molar-refractivity contribution in [1.82, 2.24) is 9.80 Å². The third-order valence-corrected chi connectivity index (χ3v) is 3.33. The lowest BCUT2D eigenvalue weighted by molar-refractivity contribution is -0.137. The summed E-state index contributed by atoms with van der Waals surface area (Å²) < 4.78 is 0. The second-order valence-electron chi connectivity index (χ2n) is 4.18. The van der Waals surface area contributed by atoms with Crippen molar-refractivity contribution in [3.8, 4) is 0 Å². The molecule has 0 bridgehead atoms. The molecule has 0 aromatic carbocycles. The van der Waals surface area contributed by atoms with Crippen molar-refractivity contribution < 1.29 is 9.90 Å². The van der Waals surface area contributed by atoms with Crippen molar-refractivity contribution in [1.29, 1.82) is 0 Å². The Morgan fingerprint density at radius 2 is 2.14 bits per heavy atom. The minimum Gasteiger partial charge on any atom is -0.387 e. The maximum absolute atomic E-state index is 11.3. The predicted octanol–water partition coefficient (Wildman–Crippen LogP) is -0.325. The van der Waals surface area contributed by atoms with E-state index in [1.165, 1.54) is 25.8 Å². The van der Waals surface area contributed by atoms with Crippen molar-refractivity contribution in [2.45, 2.75) is 25.3 Å². The zero-order valence-electron chi connectivity index (χ0n) is 8.48. The van der Waals surface area contributed by atoms with Crippen molar-refractivity contribution >= 4 is 5.91 Å². The van der Waals surface area contributed by atoms with Gasteiger partial charge in [-0.15, -0.1) is 0 Å². The smallest absolute Gasteiger partial charge is 0.248 e. The number of amides is 1. The molecule has 2 aliphatic rings. The summed E-state index contributed by atoms with van der Waals surface area (Å²) in [6.45, 7) is 3.43. The number of hydrogen-bond donors (Lipinski definition) is 1. The molecule has 0 aromatic rings. The monoisotopic (exact) mass is 198 g/mol. The summed E-state index contributed by atoms with van der Waals surface area (Å²) in [6, 6.07) is 0.549. The van der Waals surface area contributed by atoms with Gasteiger partial charge in [-0.25, -0.2) is 0 Å². The summed E-state index contributed by atoms with van der Waals surface area (Å²) >= 11 is 0. The maximum Gasteiger partial charge on any atom is 0.248 e. The maximum atomic E-state index is 11.3. The van der Waals surface area contributed by atoms with Crippen LogP contribution in [-0.4, -0.2) is 59.6 Å². The van der Waals surface area contributed by atoms with Crippen LogP contribution in [0.2, 0.25) is 0 Å². The van der Waals surface area contributed by atoms with E-state index in [0.29, 0.717) is 6.04 Å². The molecule has 1 N–H and O–H groups in total. The van der Waals surface area contributed by atoms with Crippen LogP contribution in [0.15, 0.2) is 0 Å². The molecular weight excluding hydrogens is 180 g/mol. The van der Waals surface area contributed by atoms with Gasteiger partial charge >= 0.3 is 0 Å². The first-order valence-corrected chi connectivity index (χ1v) is 5.44. The van der Waals surface area contributed by atoms with Crippen LogP contribution in [0.5, 0.6) is 0 Å². The average molecular weight is 198 g/mol. The van der Waals surface area contributed by atoms with Gasteiger partial charge in [0, 0.05) is 25.7 Å². The topological polar surface area (TPSA) is 43.8 Å². The van der Waals surface area contributed by atoms with Gasteiger partial charge in [-0.1, -0.05) is 6.42 Å². The SMILES string of the molecule is O=C(CO)N1CCN2CCCCC2C1. The average Bonchev–Trinajstić information content (AvgIpc) is 2.27. The number of carbonyl (C=O) groups excluding carboxylic acids is 1. The number of nitrogens with zero attached hydrogens (tertiary/aromatic N) is 2. The van der Waals surface area contributed by atoms with Gasteiger partial charge in [0.15, 0.2) is 0 Å². The van der Waals surface area contributed by atoms with Gasteiger partial charge in [-0.3, -0.25) is 9.69 Å². The summed E-state index contributed by atoms with van der Waals surface area (Å²) in [5, 5.41) is 8.78. The van der Waals surface area contributed by atoms with Gasteiger partial charge in [0.1, 0.15) is 6.61 Å². The Hall–Kier alpha value is -0.610. The highest BCUT2D eigenvalue weighted by molar-refractivity contribution is 5.77. The van der Waals surface area contributed by atoms with E-state index >= 15 is 0 Å². The van der Waals surface area contributed by atoms with Gasteiger partial charge in [-0.05, 0) is 19.4 Å². The van der Waals surface area contributed by atoms with Gasteiger partial charge in [-0.2, -0.15) is 0 Å². The second-order valence-corrected chi connectivity index (χ2v) is 4.18. The number of piperazine rings is 1. The number of aliphatic hydroxyl groups excluding tert-OH is 1. The molecule has 2 saturated heterocycles. The molecule has 0 aliphatic carbocycles. The lowest BCUT2D eigenvalue weighted by atomic mass is 9.99. The number of carbonyl (C=O) groups is 1. The fraction of sp³-hybridized carbons (Fsp3) is 0.900. The van der Waals surface area contributed by atoms with Crippen molar-refractivity contribution in [2.75, 3.05) is 32.8 Å². The third kappa shape index (κ3) is 1.91. The molecule has 2 fully saturated rings. The zero-order chi connectivity index (χ0) is 9.97. The van der Waals surface area contributed by atoms with Crippen molar-refractivity contribution in [2.24, 2.45) is 0 Å². The Balaban J connectivity index is 1.92. The van der Waals surface area contributed by atoms with Crippen LogP contribution >= 0.6 is 0 Å². The number of aliphatic hydroxyl groups is 1. The van der Waals surface area contributed by atoms with Gasteiger partial charge in [0.25, 0.3) is 0 Å². The summed E-state index contributed by atoms with van der Waals surface area (Å²) in [6.07, 6.45) is 3.78. The van der Waals surface area contributed by atoms with Gasteiger partial charge in [0.05, 0.1) is 0 Å². The van der Waals surface area contributed by atoms with E-state index in [4.69, 9.17) is 5.11 Å². The number of rotatable bonds is 1. The van der Waals surface area contributed by atoms with Crippen LogP contribution in [0.25, 0.3) is 0 Å². The fourth-order valence-electron chi connectivity index (χ4n) is 2.48. The highest BCUT2D eigenvalue weighted by Gasteiger charge is 2.30. The van der Waals surface area contributed by atoms with E-state index in [-0.39, 0.29) is 12.5 Å². The molecule has 14 heavy (non-hydrogen) atoms. The Bertz CT molecular complexity index is 220. The molecule has 1 amide bonds. The highest BCUT2D eigenvalue weighted by atomic mass is 16.3. The van der Waals surface area contributed by atoms with E-state index in [0.717, 1.165) is 19.6 Å². The first-order valence-electron chi connectivity index (χ1n) is 5.44. The molecular formula is C10H18N2O2. The molecule has 0 spiro atoms. The Morgan fingerprint density at radius 1 is 1.29 bits per heavy atom. The molecule has 2 heterocycles. The number of fused-ring (bicyclic) bond motifs is 1. The number of hydrogen-bond acceptors (Lipinski definition) is 3. The second kappa shape index (κ2) is 4.28. The first-order chi connectivity index (χ1) is 6.81. The van der Waals surface area contributed by atoms with E-state index in [2.05, 4.69) is 4.90 Å². The van der Waals surface area contributed by atoms with E-state index < -0.39 is 0 Å². The van der Waals surface area contributed by atoms with Gasteiger partial charge in [0.2, 0.25) is 5.91 Å². The summed E-state index contributed by atoms with van der Waals surface area (Å²) in [5.41, 5.74) is 0. The van der Waals surface area contributed by atoms with Crippen LogP contribution in [0.3, 0.4) is 0 Å². The molecule has 0 aromatic heterocycles. The Kier molecular flexibility index (Phi) is 3.03. The standard InChI is InChI=1S/C10H18N2O2/c13-8-10(14)12-6-5-11-4-2-1-3-9(11)7-12/h9,13H,1-8H2. The molecule has 1 unspecified atom stereocenters. The largest absolute Gasteiger partial charge is 0.387 e. The molecule has 2 aliphatic heterocycles. The lowest BCUT2D eigenvalue weighted by Crippen LogP contribution is -2.56. The van der Waals surface area contributed by atoms with Crippen LogP contribution < -0.4 is 0 Å². The normalized spacial score (nSPS) is 28.6. The predicted molar refractivity (Wildman–Crippen MR) is 52.9 cm³/mol. The summed E-state index contributed by atoms with van der Waals surface area (Å²) in [4.78, 5) is 15.6. The molecule has 2 rings (SSSR count). The number of piperidine rings is 1. The summed E-state index contributed by atoms with van der Waals surface area (Å²) in [5.74, 6) is -0.116. The van der Waals surface area contributed by atoms with Crippen LogP contribution in [0.4, 0.5) is 0 Å². The van der Waals surface area contributed by atoms with Crippen molar-refractivity contribution in [3.05, 3.63) is 0 Å². The first kappa shape index (κ1) is 9.93. The third-order valence-electron chi connectivity index (χ3n) is 3.33. The fourth-order valence-corrected chi connectivity index (χ4v) is 2.48. The van der Waals surface area contributed by atoms with E-state index in [9.17, 15) is 4.79 Å².